The number of ether oxygens (including phenoxy) is 2. The van der Waals surface area contributed by atoms with Crippen molar-refractivity contribution in [3.05, 3.63) is 29.3 Å². The number of phenols is 1. The van der Waals surface area contributed by atoms with Gasteiger partial charge in [-0.2, -0.15) is 0 Å². The molecule has 0 aromatic heterocycles. The zero-order valence-corrected chi connectivity index (χ0v) is 12.3. The van der Waals surface area contributed by atoms with E-state index in [1.807, 2.05) is 0 Å². The summed E-state index contributed by atoms with van der Waals surface area (Å²) in [5.41, 5.74) is -0.208. The van der Waals surface area contributed by atoms with E-state index in [1.54, 1.807) is 20.8 Å². The zero-order valence-electron chi connectivity index (χ0n) is 12.3. The van der Waals surface area contributed by atoms with Crippen LogP contribution in [0, 0.1) is 12.0 Å². The highest BCUT2D eigenvalue weighted by Crippen LogP contribution is 2.16. The van der Waals surface area contributed by atoms with Crippen LogP contribution in [0.3, 0.4) is 0 Å². The molecule has 0 aliphatic rings. The normalized spacial score (nSPS) is 10.1. The fraction of sp³-hybridized carbons (Fsp3) is 0.333. The van der Waals surface area contributed by atoms with Crippen LogP contribution in [-0.4, -0.2) is 29.9 Å². The fourth-order valence-corrected chi connectivity index (χ4v) is 1.38. The predicted octanol–water partition coefficient (Wildman–Crippen LogP) is 2.01. The van der Waals surface area contributed by atoms with E-state index in [4.69, 9.17) is 4.74 Å². The van der Waals surface area contributed by atoms with Crippen LogP contribution >= 0.6 is 0 Å². The van der Waals surface area contributed by atoms with Crippen LogP contribution in [0.2, 0.25) is 0 Å². The second-order valence-electron chi connectivity index (χ2n) is 5.10. The summed E-state index contributed by atoms with van der Waals surface area (Å²) in [6.07, 6.45) is -0.699. The van der Waals surface area contributed by atoms with E-state index in [1.165, 1.54) is 25.3 Å². The van der Waals surface area contributed by atoms with Gasteiger partial charge < -0.3 is 14.6 Å². The number of alkyl carbamates (subject to hydrolysis) is 1. The van der Waals surface area contributed by atoms with E-state index < -0.39 is 17.7 Å². The van der Waals surface area contributed by atoms with Crippen molar-refractivity contribution in [2.24, 2.45) is 0 Å². The molecule has 0 unspecified atom stereocenters. The molecular formula is C15H17NO5. The lowest BCUT2D eigenvalue weighted by atomic mass is 10.1. The standard InChI is InChI=1S/C15H17NO5/c1-15(2,3)21-14(19)16-8-7-10-9-11(17)5-6-12(10)13(18)20-4/h5-6,9,17H,1-4H3,(H,16,19). The molecule has 1 amide bonds. The summed E-state index contributed by atoms with van der Waals surface area (Å²) in [5, 5.41) is 11.7. The maximum Gasteiger partial charge on any atom is 0.419 e. The summed E-state index contributed by atoms with van der Waals surface area (Å²) >= 11 is 0. The van der Waals surface area contributed by atoms with Gasteiger partial charge in [0.05, 0.1) is 12.7 Å². The van der Waals surface area contributed by atoms with Crippen molar-refractivity contribution in [1.82, 2.24) is 5.32 Å². The average molecular weight is 291 g/mol. The van der Waals surface area contributed by atoms with Gasteiger partial charge in [0, 0.05) is 11.6 Å². The van der Waals surface area contributed by atoms with Crippen LogP contribution in [0.5, 0.6) is 5.75 Å². The highest BCUT2D eigenvalue weighted by Gasteiger charge is 2.15. The SMILES string of the molecule is COC(=O)c1ccc(O)cc1C#CNC(=O)OC(C)(C)C. The number of esters is 1. The van der Waals surface area contributed by atoms with Crippen LogP contribution in [-0.2, 0) is 9.47 Å². The maximum atomic E-state index is 11.5. The number of benzene rings is 1. The Kier molecular flexibility index (Phi) is 5.19. The highest BCUT2D eigenvalue weighted by molar-refractivity contribution is 5.92. The minimum absolute atomic E-state index is 0.0516. The van der Waals surface area contributed by atoms with E-state index in [-0.39, 0.29) is 16.9 Å². The van der Waals surface area contributed by atoms with Crippen LogP contribution in [0.25, 0.3) is 0 Å². The molecule has 2 N–H and O–H groups in total. The third kappa shape index (κ3) is 5.45. The quantitative estimate of drug-likeness (QED) is 0.470. The van der Waals surface area contributed by atoms with Crippen molar-refractivity contribution in [1.29, 1.82) is 0 Å². The first-order chi connectivity index (χ1) is 9.73. The number of hydrogen-bond donors (Lipinski definition) is 2. The van der Waals surface area contributed by atoms with Gasteiger partial charge in [-0.15, -0.1) is 0 Å². The number of aromatic hydroxyl groups is 1. The van der Waals surface area contributed by atoms with Crippen molar-refractivity contribution < 1.29 is 24.2 Å². The number of rotatable bonds is 1. The molecule has 0 saturated carbocycles. The minimum atomic E-state index is -0.699. The molecule has 0 radical (unpaired) electrons. The Bertz CT molecular complexity index is 605. The van der Waals surface area contributed by atoms with Gasteiger partial charge in [0.1, 0.15) is 11.4 Å². The summed E-state index contributed by atoms with van der Waals surface area (Å²) in [7, 11) is 1.24. The first kappa shape index (κ1) is 16.4. The molecule has 1 aromatic rings. The van der Waals surface area contributed by atoms with E-state index in [9.17, 15) is 14.7 Å². The predicted molar refractivity (Wildman–Crippen MR) is 75.7 cm³/mol. The number of methoxy groups -OCH3 is 1. The molecule has 21 heavy (non-hydrogen) atoms. The number of hydrogen-bond acceptors (Lipinski definition) is 5. The molecule has 0 spiro atoms. The van der Waals surface area contributed by atoms with Crippen LogP contribution in [0.15, 0.2) is 18.2 Å². The molecule has 0 fully saturated rings. The fourth-order valence-electron chi connectivity index (χ4n) is 1.38. The molecular weight excluding hydrogens is 274 g/mol. The Morgan fingerprint density at radius 1 is 1.29 bits per heavy atom. The topological polar surface area (TPSA) is 84.9 Å². The minimum Gasteiger partial charge on any atom is -0.508 e. The number of carbonyl (C=O) groups is 2. The van der Waals surface area contributed by atoms with E-state index in [2.05, 4.69) is 22.0 Å². The first-order valence-corrected chi connectivity index (χ1v) is 6.14. The van der Waals surface area contributed by atoms with Crippen molar-refractivity contribution >= 4 is 12.1 Å². The van der Waals surface area contributed by atoms with Gasteiger partial charge in [-0.3, -0.25) is 0 Å². The second kappa shape index (κ2) is 6.66. The van der Waals surface area contributed by atoms with Crippen molar-refractivity contribution in [2.75, 3.05) is 7.11 Å². The molecule has 0 aliphatic heterocycles. The van der Waals surface area contributed by atoms with Crippen molar-refractivity contribution in [2.45, 2.75) is 26.4 Å². The zero-order chi connectivity index (χ0) is 16.0. The molecule has 6 heteroatoms. The third-order valence-corrected chi connectivity index (χ3v) is 2.17. The second-order valence-corrected chi connectivity index (χ2v) is 5.10. The molecule has 1 aromatic carbocycles. The molecule has 0 heterocycles. The van der Waals surface area contributed by atoms with Gasteiger partial charge in [0.2, 0.25) is 0 Å². The maximum absolute atomic E-state index is 11.5. The van der Waals surface area contributed by atoms with Gasteiger partial charge in [0.25, 0.3) is 0 Å². The molecule has 0 saturated heterocycles. The first-order valence-electron chi connectivity index (χ1n) is 6.14. The Morgan fingerprint density at radius 2 is 1.95 bits per heavy atom. The van der Waals surface area contributed by atoms with Gasteiger partial charge >= 0.3 is 12.1 Å². The molecule has 1 rings (SSSR count). The lowest BCUT2D eigenvalue weighted by molar-refractivity contribution is 0.0555. The van der Waals surface area contributed by atoms with Crippen LogP contribution in [0.1, 0.15) is 36.7 Å². The number of phenolic OH excluding ortho intramolecular Hbond substituents is 1. The number of nitrogens with one attached hydrogen (secondary N) is 1. The molecule has 0 atom stereocenters. The Balaban J connectivity index is 2.89. The van der Waals surface area contributed by atoms with Crippen LogP contribution in [0.4, 0.5) is 4.79 Å². The van der Waals surface area contributed by atoms with Gasteiger partial charge in [-0.25, -0.2) is 14.9 Å². The number of amides is 1. The Hall–Kier alpha value is -2.68. The van der Waals surface area contributed by atoms with Crippen molar-refractivity contribution in [3.8, 4) is 17.7 Å². The van der Waals surface area contributed by atoms with Crippen molar-refractivity contribution in [3.63, 3.8) is 0 Å². The van der Waals surface area contributed by atoms with E-state index >= 15 is 0 Å². The van der Waals surface area contributed by atoms with Gasteiger partial charge in [-0.05, 0) is 44.9 Å². The lowest BCUT2D eigenvalue weighted by Gasteiger charge is -2.18. The summed E-state index contributed by atoms with van der Waals surface area (Å²) in [6.45, 7) is 5.18. The summed E-state index contributed by atoms with van der Waals surface area (Å²) in [4.78, 5) is 23.0. The lowest BCUT2D eigenvalue weighted by Crippen LogP contribution is -2.29. The Labute approximate surface area is 123 Å². The molecule has 112 valence electrons. The largest absolute Gasteiger partial charge is 0.508 e. The van der Waals surface area contributed by atoms with E-state index in [0.717, 1.165) is 0 Å². The van der Waals surface area contributed by atoms with Gasteiger partial charge in [-0.1, -0.05) is 0 Å². The Morgan fingerprint density at radius 3 is 2.52 bits per heavy atom. The average Bonchev–Trinajstić information content (AvgIpc) is 2.36. The van der Waals surface area contributed by atoms with Crippen LogP contribution < -0.4 is 5.32 Å². The number of carbonyl (C=O) groups excluding carboxylic acids is 2. The highest BCUT2D eigenvalue weighted by atomic mass is 16.6. The molecule has 0 aliphatic carbocycles. The van der Waals surface area contributed by atoms with Gasteiger partial charge in [0.15, 0.2) is 0 Å². The molecule has 6 nitrogen and oxygen atoms in total. The monoisotopic (exact) mass is 291 g/mol. The molecule has 0 bridgehead atoms. The third-order valence-electron chi connectivity index (χ3n) is 2.17. The summed E-state index contributed by atoms with van der Waals surface area (Å²) in [5.74, 6) is 1.93. The summed E-state index contributed by atoms with van der Waals surface area (Å²) in [6, 6.07) is 6.41. The smallest absolute Gasteiger partial charge is 0.419 e. The van der Waals surface area contributed by atoms with E-state index in [0.29, 0.717) is 0 Å². The summed E-state index contributed by atoms with van der Waals surface area (Å²) < 4.78 is 9.61.